The minimum Gasteiger partial charge on any atom is -0.438 e. The second-order valence-electron chi connectivity index (χ2n) is 6.72. The molecule has 2 aliphatic rings. The van der Waals surface area contributed by atoms with Gasteiger partial charge < -0.3 is 10.1 Å². The number of amides is 1. The lowest BCUT2D eigenvalue weighted by Crippen LogP contribution is -2.61. The van der Waals surface area contributed by atoms with Crippen LogP contribution in [0.4, 0.5) is 0 Å². The molecule has 1 aromatic heterocycles. The van der Waals surface area contributed by atoms with E-state index in [1.807, 2.05) is 12.1 Å². The average Bonchev–Trinajstić information content (AvgIpc) is 2.64. The molecule has 2 aromatic rings. The zero-order valence-corrected chi connectivity index (χ0v) is 14.1. The molecular weight excluding hydrogens is 316 g/mol. The van der Waals surface area contributed by atoms with Gasteiger partial charge in [-0.25, -0.2) is 4.98 Å². The average molecular weight is 338 g/mol. The van der Waals surface area contributed by atoms with Crippen LogP contribution in [0.15, 0.2) is 42.9 Å². The van der Waals surface area contributed by atoms with Gasteiger partial charge in [0.1, 0.15) is 5.75 Å². The normalized spacial score (nSPS) is 23.6. The van der Waals surface area contributed by atoms with Gasteiger partial charge in [0.25, 0.3) is 0 Å². The first kappa shape index (κ1) is 16.0. The Morgan fingerprint density at radius 3 is 2.80 bits per heavy atom. The highest BCUT2D eigenvalue weighted by molar-refractivity contribution is 5.79. The van der Waals surface area contributed by atoms with Crippen molar-refractivity contribution in [1.82, 2.24) is 20.2 Å². The van der Waals surface area contributed by atoms with Gasteiger partial charge in [0.05, 0.1) is 12.7 Å². The number of carbonyl (C=O) groups is 1. The third-order valence-electron chi connectivity index (χ3n) is 4.96. The van der Waals surface area contributed by atoms with E-state index < -0.39 is 0 Å². The molecule has 1 N–H and O–H groups in total. The number of aromatic nitrogens is 2. The van der Waals surface area contributed by atoms with Gasteiger partial charge in [0, 0.05) is 31.0 Å². The van der Waals surface area contributed by atoms with E-state index >= 15 is 0 Å². The van der Waals surface area contributed by atoms with Gasteiger partial charge in [-0.2, -0.15) is 0 Å². The molecule has 0 unspecified atom stereocenters. The van der Waals surface area contributed by atoms with Crippen molar-refractivity contribution in [2.24, 2.45) is 0 Å². The number of fused-ring (bicyclic) bond motifs is 1. The molecule has 1 saturated carbocycles. The fourth-order valence-electron chi connectivity index (χ4n) is 3.80. The molecule has 0 spiro atoms. The van der Waals surface area contributed by atoms with Crippen LogP contribution in [0.2, 0.25) is 0 Å². The van der Waals surface area contributed by atoms with Crippen molar-refractivity contribution < 1.29 is 9.53 Å². The van der Waals surface area contributed by atoms with Crippen molar-refractivity contribution in [3.63, 3.8) is 0 Å². The topological polar surface area (TPSA) is 67.4 Å². The summed E-state index contributed by atoms with van der Waals surface area (Å²) in [4.78, 5) is 22.4. The van der Waals surface area contributed by atoms with Crippen LogP contribution in [0.5, 0.6) is 11.6 Å². The highest BCUT2D eigenvalue weighted by Crippen LogP contribution is 2.27. The van der Waals surface area contributed by atoms with Crippen LogP contribution in [0.25, 0.3) is 0 Å². The Balaban J connectivity index is 1.42. The third-order valence-corrected chi connectivity index (χ3v) is 4.96. The minimum absolute atomic E-state index is 0.144. The van der Waals surface area contributed by atoms with Crippen molar-refractivity contribution in [2.75, 3.05) is 6.54 Å². The summed E-state index contributed by atoms with van der Waals surface area (Å²) in [6.45, 7) is 1.28. The van der Waals surface area contributed by atoms with Gasteiger partial charge in [0.2, 0.25) is 11.8 Å². The van der Waals surface area contributed by atoms with Crippen molar-refractivity contribution >= 4 is 5.91 Å². The van der Waals surface area contributed by atoms with Crippen molar-refractivity contribution in [3.05, 3.63) is 48.4 Å². The fourth-order valence-corrected chi connectivity index (χ4v) is 3.80. The van der Waals surface area contributed by atoms with Gasteiger partial charge in [-0.1, -0.05) is 25.0 Å². The minimum atomic E-state index is 0.144. The summed E-state index contributed by atoms with van der Waals surface area (Å²) in [7, 11) is 0. The van der Waals surface area contributed by atoms with Crippen LogP contribution in [0.3, 0.4) is 0 Å². The molecule has 0 radical (unpaired) electrons. The summed E-state index contributed by atoms with van der Waals surface area (Å²) < 4.78 is 5.67. The summed E-state index contributed by atoms with van der Waals surface area (Å²) in [5.41, 5.74) is 1.19. The van der Waals surface area contributed by atoms with Crippen LogP contribution in [-0.2, 0) is 11.3 Å². The number of ether oxygens (including phenoxy) is 1. The fraction of sp³-hybridized carbons (Fsp3) is 0.421. The second-order valence-corrected chi connectivity index (χ2v) is 6.72. The molecular formula is C19H22N4O2. The maximum Gasteiger partial charge on any atom is 0.237 e. The lowest BCUT2D eigenvalue weighted by molar-refractivity contribution is -0.128. The van der Waals surface area contributed by atoms with Crippen LogP contribution in [0, 0.1) is 0 Å². The quantitative estimate of drug-likeness (QED) is 0.928. The van der Waals surface area contributed by atoms with Crippen LogP contribution < -0.4 is 10.1 Å². The number of hydrogen-bond acceptors (Lipinski definition) is 5. The maximum absolute atomic E-state index is 12.0. The Labute approximate surface area is 147 Å². The van der Waals surface area contributed by atoms with E-state index in [0.29, 0.717) is 24.5 Å². The monoisotopic (exact) mass is 338 g/mol. The molecule has 2 fully saturated rings. The maximum atomic E-state index is 12.0. The molecule has 2 atom stereocenters. The molecule has 0 bridgehead atoms. The van der Waals surface area contributed by atoms with Crippen LogP contribution >= 0.6 is 0 Å². The first-order valence-corrected chi connectivity index (χ1v) is 8.84. The summed E-state index contributed by atoms with van der Waals surface area (Å²) in [5, 5.41) is 3.16. The molecule has 1 aliphatic carbocycles. The Bertz CT molecular complexity index is 720. The van der Waals surface area contributed by atoms with Crippen LogP contribution in [0.1, 0.15) is 31.2 Å². The smallest absolute Gasteiger partial charge is 0.237 e. The Morgan fingerprint density at radius 2 is 2.00 bits per heavy atom. The largest absolute Gasteiger partial charge is 0.438 e. The van der Waals surface area contributed by atoms with E-state index in [1.54, 1.807) is 18.6 Å². The molecule has 1 aromatic carbocycles. The van der Waals surface area contributed by atoms with Gasteiger partial charge in [0.15, 0.2) is 0 Å². The van der Waals surface area contributed by atoms with Crippen LogP contribution in [-0.4, -0.2) is 39.4 Å². The summed E-state index contributed by atoms with van der Waals surface area (Å²) in [6.07, 6.45) is 9.52. The number of hydrogen-bond donors (Lipinski definition) is 1. The SMILES string of the molecule is O=C1CN(Cc2ccc(Oc3cnccn3)cc2)[C@H]2CCCC[C@@H]2N1. The van der Waals surface area contributed by atoms with Gasteiger partial charge in [-0.3, -0.25) is 14.7 Å². The van der Waals surface area contributed by atoms with E-state index in [-0.39, 0.29) is 5.91 Å². The third kappa shape index (κ3) is 3.79. The predicted molar refractivity (Wildman–Crippen MR) is 93.1 cm³/mol. The standard InChI is InChI=1S/C19H22N4O2/c24-18-13-23(17-4-2-1-3-16(17)22-18)12-14-5-7-15(8-6-14)25-19-11-20-9-10-21-19/h5-11,16-17H,1-4,12-13H2,(H,22,24)/t16-,17-/m0/s1. The Kier molecular flexibility index (Phi) is 4.61. The highest BCUT2D eigenvalue weighted by atomic mass is 16.5. The molecule has 1 amide bonds. The summed E-state index contributed by atoms with van der Waals surface area (Å²) in [6, 6.07) is 8.75. The van der Waals surface area contributed by atoms with E-state index in [2.05, 4.69) is 32.3 Å². The van der Waals surface area contributed by atoms with E-state index in [9.17, 15) is 4.79 Å². The zero-order chi connectivity index (χ0) is 17.1. The number of nitrogens with one attached hydrogen (secondary N) is 1. The van der Waals surface area contributed by atoms with E-state index in [4.69, 9.17) is 4.74 Å². The molecule has 130 valence electrons. The van der Waals surface area contributed by atoms with Crippen molar-refractivity contribution in [3.8, 4) is 11.6 Å². The second kappa shape index (κ2) is 7.19. The first-order chi connectivity index (χ1) is 12.3. The lowest BCUT2D eigenvalue weighted by Gasteiger charge is -2.44. The number of piperazine rings is 1. The van der Waals surface area contributed by atoms with Gasteiger partial charge in [-0.15, -0.1) is 0 Å². The zero-order valence-electron chi connectivity index (χ0n) is 14.1. The van der Waals surface area contributed by atoms with Crippen molar-refractivity contribution in [2.45, 2.75) is 44.3 Å². The molecule has 2 heterocycles. The first-order valence-electron chi connectivity index (χ1n) is 8.84. The molecule has 1 aliphatic heterocycles. The summed E-state index contributed by atoms with van der Waals surface area (Å²) in [5.74, 6) is 1.36. The number of nitrogens with zero attached hydrogens (tertiary/aromatic N) is 3. The van der Waals surface area contributed by atoms with Gasteiger partial charge in [-0.05, 0) is 30.5 Å². The number of rotatable bonds is 4. The van der Waals surface area contributed by atoms with Gasteiger partial charge >= 0.3 is 0 Å². The Hall–Kier alpha value is -2.47. The Morgan fingerprint density at radius 1 is 1.16 bits per heavy atom. The highest BCUT2D eigenvalue weighted by Gasteiger charge is 2.36. The summed E-state index contributed by atoms with van der Waals surface area (Å²) >= 11 is 0. The molecule has 1 saturated heterocycles. The molecule has 25 heavy (non-hydrogen) atoms. The van der Waals surface area contributed by atoms with Crippen molar-refractivity contribution in [1.29, 1.82) is 0 Å². The van der Waals surface area contributed by atoms with E-state index in [1.165, 1.54) is 24.8 Å². The number of carbonyl (C=O) groups excluding carboxylic acids is 1. The predicted octanol–water partition coefficient (Wildman–Crippen LogP) is 2.51. The van der Waals surface area contributed by atoms with E-state index in [0.717, 1.165) is 18.7 Å². The number of benzene rings is 1. The molecule has 6 nitrogen and oxygen atoms in total. The lowest BCUT2D eigenvalue weighted by atomic mass is 9.87. The molecule has 4 rings (SSSR count). The molecule has 6 heteroatoms.